The molecule has 0 bridgehead atoms. The van der Waals surface area contributed by atoms with Crippen LogP contribution in [0.1, 0.15) is 35.7 Å². The molecule has 0 aliphatic rings. The normalized spacial score (nSPS) is 11.6. The van der Waals surface area contributed by atoms with Crippen molar-refractivity contribution < 1.29 is 9.59 Å². The maximum atomic E-state index is 12.4. The minimum absolute atomic E-state index is 0.161. The van der Waals surface area contributed by atoms with Crippen LogP contribution >= 0.6 is 15.9 Å². The van der Waals surface area contributed by atoms with Crippen molar-refractivity contribution in [3.8, 4) is 0 Å². The average Bonchev–Trinajstić information content (AvgIpc) is 2.60. The Morgan fingerprint density at radius 1 is 1.04 bits per heavy atom. The van der Waals surface area contributed by atoms with Gasteiger partial charge in [-0.15, -0.1) is 0 Å². The third-order valence-electron chi connectivity index (χ3n) is 3.62. The van der Waals surface area contributed by atoms with E-state index >= 15 is 0 Å². The number of halogens is 1. The predicted molar refractivity (Wildman–Crippen MR) is 98.6 cm³/mol. The highest BCUT2D eigenvalue weighted by molar-refractivity contribution is 9.10. The highest BCUT2D eigenvalue weighted by Gasteiger charge is 2.20. The molecule has 2 aromatic carbocycles. The number of amides is 2. The summed E-state index contributed by atoms with van der Waals surface area (Å²) in [5.74, 6) is -0.401. The topological polar surface area (TPSA) is 58.2 Å². The van der Waals surface area contributed by atoms with Crippen LogP contribution in [0, 0.1) is 0 Å². The lowest BCUT2D eigenvalue weighted by Gasteiger charge is -2.18. The number of hydrogen-bond donors (Lipinski definition) is 2. The lowest BCUT2D eigenvalue weighted by molar-refractivity contribution is -0.123. The van der Waals surface area contributed by atoms with E-state index in [1.54, 1.807) is 24.3 Å². The minimum Gasteiger partial charge on any atom is -0.350 e. The van der Waals surface area contributed by atoms with Gasteiger partial charge in [-0.25, -0.2) is 0 Å². The molecule has 1 atom stereocenters. The predicted octanol–water partition coefficient (Wildman–Crippen LogP) is 3.66. The van der Waals surface area contributed by atoms with E-state index in [0.717, 1.165) is 16.5 Å². The van der Waals surface area contributed by atoms with Crippen molar-refractivity contribution in [3.05, 3.63) is 70.2 Å². The third-order valence-corrected chi connectivity index (χ3v) is 4.14. The van der Waals surface area contributed by atoms with E-state index in [1.807, 2.05) is 37.3 Å². The summed E-state index contributed by atoms with van der Waals surface area (Å²) in [5, 5.41) is 5.71. The summed E-state index contributed by atoms with van der Waals surface area (Å²) in [6.45, 7) is 2.44. The summed E-state index contributed by atoms with van der Waals surface area (Å²) in [6, 6.07) is 16.2. The Labute approximate surface area is 150 Å². The van der Waals surface area contributed by atoms with Crippen molar-refractivity contribution in [2.24, 2.45) is 0 Å². The van der Waals surface area contributed by atoms with Crippen LogP contribution in [0.2, 0.25) is 0 Å². The molecular formula is C19H21BrN2O2. The number of benzene rings is 2. The van der Waals surface area contributed by atoms with E-state index in [4.69, 9.17) is 0 Å². The smallest absolute Gasteiger partial charge is 0.251 e. The van der Waals surface area contributed by atoms with Gasteiger partial charge in [0.25, 0.3) is 5.91 Å². The molecule has 0 aliphatic heterocycles. The number of nitrogens with one attached hydrogen (secondary N) is 2. The van der Waals surface area contributed by atoms with Crippen LogP contribution in [0.3, 0.4) is 0 Å². The molecule has 0 spiro atoms. The molecule has 0 aliphatic carbocycles. The SMILES string of the molecule is CCC[C@H](NC(=O)c1ccc(Br)cc1)C(=O)NCc1ccccc1. The Bertz CT molecular complexity index is 672. The van der Waals surface area contributed by atoms with E-state index in [0.29, 0.717) is 18.5 Å². The summed E-state index contributed by atoms with van der Waals surface area (Å²) in [4.78, 5) is 24.7. The van der Waals surface area contributed by atoms with Crippen LogP contribution in [-0.2, 0) is 11.3 Å². The van der Waals surface area contributed by atoms with E-state index in [1.165, 1.54) is 0 Å². The maximum absolute atomic E-state index is 12.4. The van der Waals surface area contributed by atoms with E-state index < -0.39 is 6.04 Å². The number of hydrogen-bond acceptors (Lipinski definition) is 2. The second-order valence-corrected chi connectivity index (χ2v) is 6.44. The Morgan fingerprint density at radius 3 is 2.33 bits per heavy atom. The fraction of sp³-hybridized carbons (Fsp3) is 0.263. The molecule has 24 heavy (non-hydrogen) atoms. The first kappa shape index (κ1) is 18.2. The third kappa shape index (κ3) is 5.49. The van der Waals surface area contributed by atoms with Gasteiger partial charge >= 0.3 is 0 Å². The quantitative estimate of drug-likeness (QED) is 0.759. The van der Waals surface area contributed by atoms with Crippen molar-refractivity contribution >= 4 is 27.7 Å². The van der Waals surface area contributed by atoms with Gasteiger partial charge in [0.2, 0.25) is 5.91 Å². The molecule has 0 aromatic heterocycles. The van der Waals surface area contributed by atoms with Gasteiger partial charge in [-0.3, -0.25) is 9.59 Å². The highest BCUT2D eigenvalue weighted by Crippen LogP contribution is 2.11. The first-order valence-corrected chi connectivity index (χ1v) is 8.77. The van der Waals surface area contributed by atoms with E-state index in [-0.39, 0.29) is 11.8 Å². The van der Waals surface area contributed by atoms with Crippen LogP contribution in [0.15, 0.2) is 59.1 Å². The van der Waals surface area contributed by atoms with Crippen LogP contribution in [-0.4, -0.2) is 17.9 Å². The molecule has 0 heterocycles. The zero-order valence-corrected chi connectivity index (χ0v) is 15.2. The Balaban J connectivity index is 1.95. The van der Waals surface area contributed by atoms with Crippen molar-refractivity contribution in [2.75, 3.05) is 0 Å². The molecule has 2 aromatic rings. The summed E-state index contributed by atoms with van der Waals surface area (Å²) in [7, 11) is 0. The maximum Gasteiger partial charge on any atom is 0.251 e. The summed E-state index contributed by atoms with van der Waals surface area (Å²) < 4.78 is 0.907. The second kappa shape index (κ2) is 9.23. The molecule has 2 rings (SSSR count). The first-order chi connectivity index (χ1) is 11.6. The molecule has 0 fully saturated rings. The Kier molecular flexibility index (Phi) is 7.00. The molecule has 2 N–H and O–H groups in total. The van der Waals surface area contributed by atoms with Crippen LogP contribution < -0.4 is 10.6 Å². The monoisotopic (exact) mass is 388 g/mol. The van der Waals surface area contributed by atoms with Crippen molar-refractivity contribution in [1.29, 1.82) is 0 Å². The molecule has 0 saturated heterocycles. The van der Waals surface area contributed by atoms with Gasteiger partial charge in [0.05, 0.1) is 0 Å². The van der Waals surface area contributed by atoms with Crippen LogP contribution in [0.25, 0.3) is 0 Å². The van der Waals surface area contributed by atoms with Crippen molar-refractivity contribution in [1.82, 2.24) is 10.6 Å². The molecule has 2 amide bonds. The zero-order valence-electron chi connectivity index (χ0n) is 13.6. The van der Waals surface area contributed by atoms with Gasteiger partial charge in [0.15, 0.2) is 0 Å². The van der Waals surface area contributed by atoms with E-state index in [2.05, 4.69) is 26.6 Å². The Morgan fingerprint density at radius 2 is 1.71 bits per heavy atom. The van der Waals surface area contributed by atoms with Crippen molar-refractivity contribution in [2.45, 2.75) is 32.4 Å². The van der Waals surface area contributed by atoms with Gasteiger partial charge in [0, 0.05) is 16.6 Å². The van der Waals surface area contributed by atoms with E-state index in [9.17, 15) is 9.59 Å². The largest absolute Gasteiger partial charge is 0.350 e. The van der Waals surface area contributed by atoms with Gasteiger partial charge in [-0.1, -0.05) is 59.6 Å². The molecule has 0 unspecified atom stereocenters. The number of rotatable bonds is 7. The first-order valence-electron chi connectivity index (χ1n) is 7.98. The lowest BCUT2D eigenvalue weighted by Crippen LogP contribution is -2.46. The zero-order chi connectivity index (χ0) is 17.4. The van der Waals surface area contributed by atoms with Crippen LogP contribution in [0.5, 0.6) is 0 Å². The van der Waals surface area contributed by atoms with Gasteiger partial charge in [0.1, 0.15) is 6.04 Å². The van der Waals surface area contributed by atoms with Crippen LogP contribution in [0.4, 0.5) is 0 Å². The minimum atomic E-state index is -0.533. The summed E-state index contributed by atoms with van der Waals surface area (Å²) in [6.07, 6.45) is 1.41. The summed E-state index contributed by atoms with van der Waals surface area (Å²) in [5.41, 5.74) is 1.57. The molecular weight excluding hydrogens is 368 g/mol. The standard InChI is InChI=1S/C19H21BrN2O2/c1-2-6-17(19(24)21-13-14-7-4-3-5-8-14)22-18(23)15-9-11-16(20)12-10-15/h3-5,7-12,17H,2,6,13H2,1H3,(H,21,24)(H,22,23)/t17-/m0/s1. The molecule has 4 nitrogen and oxygen atoms in total. The van der Waals surface area contributed by atoms with Gasteiger partial charge in [-0.05, 0) is 36.2 Å². The molecule has 126 valence electrons. The number of carbonyl (C=O) groups excluding carboxylic acids is 2. The molecule has 5 heteroatoms. The lowest BCUT2D eigenvalue weighted by atomic mass is 10.1. The van der Waals surface area contributed by atoms with Gasteiger partial charge < -0.3 is 10.6 Å². The molecule has 0 radical (unpaired) electrons. The van der Waals surface area contributed by atoms with Gasteiger partial charge in [-0.2, -0.15) is 0 Å². The molecule has 0 saturated carbocycles. The van der Waals surface area contributed by atoms with Crippen molar-refractivity contribution in [3.63, 3.8) is 0 Å². The second-order valence-electron chi connectivity index (χ2n) is 5.53. The Hall–Kier alpha value is -2.14. The fourth-order valence-corrected chi connectivity index (χ4v) is 2.57. The fourth-order valence-electron chi connectivity index (χ4n) is 2.31. The number of carbonyl (C=O) groups is 2. The summed E-state index contributed by atoms with van der Waals surface area (Å²) >= 11 is 3.34. The average molecular weight is 389 g/mol. The highest BCUT2D eigenvalue weighted by atomic mass is 79.9.